The Hall–Kier alpha value is -0.870. The summed E-state index contributed by atoms with van der Waals surface area (Å²) in [6.45, 7) is 4.17. The smallest absolute Gasteiger partial charge is 0.345 e. The molecule has 2 rings (SSSR count). The lowest BCUT2D eigenvalue weighted by atomic mass is 10.1. The number of nitrogens with one attached hydrogen (secondary N) is 1. The summed E-state index contributed by atoms with van der Waals surface area (Å²) >= 11 is 1.36. The topological polar surface area (TPSA) is 49.3 Å². The number of hydrogen-bond donors (Lipinski definition) is 2. The molecule has 0 amide bonds. The number of carbonyl (C=O) groups is 1. The summed E-state index contributed by atoms with van der Waals surface area (Å²) in [7, 11) is 0. The van der Waals surface area contributed by atoms with Gasteiger partial charge in [0.1, 0.15) is 4.88 Å². The van der Waals surface area contributed by atoms with E-state index in [0.717, 1.165) is 29.8 Å². The van der Waals surface area contributed by atoms with Gasteiger partial charge in [0, 0.05) is 11.4 Å². The zero-order valence-corrected chi connectivity index (χ0v) is 10.9. The molecule has 1 aliphatic carbocycles. The maximum Gasteiger partial charge on any atom is 0.345 e. The Morgan fingerprint density at radius 1 is 1.53 bits per heavy atom. The van der Waals surface area contributed by atoms with Crippen LogP contribution in [0.2, 0.25) is 0 Å². The summed E-state index contributed by atoms with van der Waals surface area (Å²) in [5, 5.41) is 12.2. The molecule has 4 heteroatoms. The second-order valence-electron chi connectivity index (χ2n) is 4.99. The summed E-state index contributed by atoms with van der Waals surface area (Å²) in [5.74, 6) is 0.858. The molecule has 1 aromatic rings. The Morgan fingerprint density at radius 2 is 2.35 bits per heavy atom. The molecule has 0 aliphatic heterocycles. The second kappa shape index (κ2) is 5.65. The van der Waals surface area contributed by atoms with Crippen LogP contribution in [0.25, 0.3) is 0 Å². The normalized spacial score (nSPS) is 24.1. The van der Waals surface area contributed by atoms with Crippen molar-refractivity contribution < 1.29 is 9.90 Å². The molecule has 2 unspecified atom stereocenters. The van der Waals surface area contributed by atoms with Gasteiger partial charge in [0.25, 0.3) is 0 Å². The van der Waals surface area contributed by atoms with Gasteiger partial charge in [0.15, 0.2) is 0 Å². The Morgan fingerprint density at radius 3 is 2.94 bits per heavy atom. The van der Waals surface area contributed by atoms with Crippen molar-refractivity contribution in [2.24, 2.45) is 11.8 Å². The van der Waals surface area contributed by atoms with Gasteiger partial charge < -0.3 is 10.4 Å². The summed E-state index contributed by atoms with van der Waals surface area (Å²) in [6, 6.07) is 3.58. The Balaban J connectivity index is 1.72. The molecule has 1 saturated carbocycles. The third kappa shape index (κ3) is 3.54. The van der Waals surface area contributed by atoms with Crippen LogP contribution in [0.5, 0.6) is 0 Å². The molecule has 94 valence electrons. The summed E-state index contributed by atoms with van der Waals surface area (Å²) in [5.41, 5.74) is 0. The van der Waals surface area contributed by atoms with Crippen molar-refractivity contribution in [3.8, 4) is 0 Å². The summed E-state index contributed by atoms with van der Waals surface area (Å²) in [4.78, 5) is 12.3. The molecular formula is C13H19NO2S. The molecule has 17 heavy (non-hydrogen) atoms. The van der Waals surface area contributed by atoms with Crippen LogP contribution in [0.4, 0.5) is 0 Å². The van der Waals surface area contributed by atoms with Crippen molar-refractivity contribution in [1.29, 1.82) is 0 Å². The molecule has 1 fully saturated rings. The fourth-order valence-corrected chi connectivity index (χ4v) is 3.31. The van der Waals surface area contributed by atoms with Crippen molar-refractivity contribution in [2.45, 2.75) is 32.7 Å². The number of carboxylic acid groups (broad SMARTS) is 1. The first kappa shape index (κ1) is 12.6. The van der Waals surface area contributed by atoms with E-state index >= 15 is 0 Å². The summed E-state index contributed by atoms with van der Waals surface area (Å²) < 4.78 is 0. The lowest BCUT2D eigenvalue weighted by molar-refractivity contribution is 0.0702. The van der Waals surface area contributed by atoms with E-state index in [1.165, 1.54) is 30.6 Å². The van der Waals surface area contributed by atoms with Gasteiger partial charge in [0.05, 0.1) is 0 Å². The van der Waals surface area contributed by atoms with E-state index in [-0.39, 0.29) is 0 Å². The first-order chi connectivity index (χ1) is 8.15. The van der Waals surface area contributed by atoms with Crippen molar-refractivity contribution >= 4 is 17.3 Å². The minimum absolute atomic E-state index is 0.427. The van der Waals surface area contributed by atoms with Crippen molar-refractivity contribution in [2.75, 3.05) is 6.54 Å². The van der Waals surface area contributed by atoms with Gasteiger partial charge in [-0.05, 0) is 43.4 Å². The van der Waals surface area contributed by atoms with Crippen LogP contribution in [0.15, 0.2) is 12.1 Å². The van der Waals surface area contributed by atoms with Crippen molar-refractivity contribution in [1.82, 2.24) is 5.32 Å². The van der Waals surface area contributed by atoms with E-state index < -0.39 is 5.97 Å². The van der Waals surface area contributed by atoms with E-state index in [4.69, 9.17) is 5.11 Å². The number of hydrogen-bond acceptors (Lipinski definition) is 3. The van der Waals surface area contributed by atoms with Crippen molar-refractivity contribution in [3.05, 3.63) is 21.9 Å². The van der Waals surface area contributed by atoms with Crippen LogP contribution < -0.4 is 5.32 Å². The van der Waals surface area contributed by atoms with Crippen LogP contribution in [-0.4, -0.2) is 17.6 Å². The van der Waals surface area contributed by atoms with E-state index in [1.54, 1.807) is 6.07 Å². The average molecular weight is 253 g/mol. The number of rotatable bonds is 5. The van der Waals surface area contributed by atoms with Gasteiger partial charge in [-0.1, -0.05) is 13.3 Å². The lowest BCUT2D eigenvalue weighted by Gasteiger charge is -2.10. The van der Waals surface area contributed by atoms with Gasteiger partial charge in [-0.15, -0.1) is 11.3 Å². The van der Waals surface area contributed by atoms with Gasteiger partial charge in [-0.3, -0.25) is 0 Å². The van der Waals surface area contributed by atoms with Crippen molar-refractivity contribution in [3.63, 3.8) is 0 Å². The SMILES string of the molecule is CC1CCC(CNCc2ccc(C(=O)O)s2)C1. The fourth-order valence-electron chi connectivity index (χ4n) is 2.50. The van der Waals surface area contributed by atoms with Gasteiger partial charge in [-0.25, -0.2) is 4.79 Å². The molecule has 0 spiro atoms. The van der Waals surface area contributed by atoms with Gasteiger partial charge >= 0.3 is 5.97 Å². The van der Waals surface area contributed by atoms with Crippen LogP contribution in [0.3, 0.4) is 0 Å². The molecule has 1 aliphatic rings. The molecule has 0 bridgehead atoms. The minimum atomic E-state index is -0.828. The molecule has 1 heterocycles. The highest BCUT2D eigenvalue weighted by atomic mass is 32.1. The number of thiophene rings is 1. The van der Waals surface area contributed by atoms with Crippen LogP contribution in [0, 0.1) is 11.8 Å². The molecule has 3 nitrogen and oxygen atoms in total. The Bertz CT molecular complexity index is 389. The Kier molecular flexibility index (Phi) is 4.18. The molecule has 0 radical (unpaired) electrons. The predicted molar refractivity (Wildman–Crippen MR) is 69.5 cm³/mol. The standard InChI is InChI=1S/C13H19NO2S/c1-9-2-3-10(6-9)7-14-8-11-4-5-12(17-11)13(15)16/h4-5,9-10,14H,2-3,6-8H2,1H3,(H,15,16). The predicted octanol–water partition coefficient (Wildman–Crippen LogP) is 2.97. The molecule has 2 atom stereocenters. The number of carboxylic acids is 1. The van der Waals surface area contributed by atoms with Crippen LogP contribution >= 0.6 is 11.3 Å². The van der Waals surface area contributed by atoms with E-state index in [0.29, 0.717) is 4.88 Å². The summed E-state index contributed by atoms with van der Waals surface area (Å²) in [6.07, 6.45) is 4.02. The number of aromatic carboxylic acids is 1. The molecule has 0 aromatic carbocycles. The van der Waals surface area contributed by atoms with E-state index in [1.807, 2.05) is 6.07 Å². The van der Waals surface area contributed by atoms with Gasteiger partial charge in [0.2, 0.25) is 0 Å². The molecule has 2 N–H and O–H groups in total. The molecule has 1 aromatic heterocycles. The third-order valence-corrected chi connectivity index (χ3v) is 4.48. The highest BCUT2D eigenvalue weighted by molar-refractivity contribution is 7.13. The molecule has 0 saturated heterocycles. The van der Waals surface area contributed by atoms with E-state index in [2.05, 4.69) is 12.2 Å². The Labute approximate surface area is 106 Å². The quantitative estimate of drug-likeness (QED) is 0.848. The third-order valence-electron chi connectivity index (χ3n) is 3.41. The first-order valence-corrected chi connectivity index (χ1v) is 6.99. The maximum absolute atomic E-state index is 10.7. The van der Waals surface area contributed by atoms with Crippen LogP contribution in [-0.2, 0) is 6.54 Å². The minimum Gasteiger partial charge on any atom is -0.477 e. The first-order valence-electron chi connectivity index (χ1n) is 6.18. The lowest BCUT2D eigenvalue weighted by Crippen LogP contribution is -2.20. The fraction of sp³-hybridized carbons (Fsp3) is 0.615. The zero-order chi connectivity index (χ0) is 12.3. The maximum atomic E-state index is 10.7. The van der Waals surface area contributed by atoms with Gasteiger partial charge in [-0.2, -0.15) is 0 Å². The highest BCUT2D eigenvalue weighted by Crippen LogP contribution is 2.29. The monoisotopic (exact) mass is 253 g/mol. The zero-order valence-electron chi connectivity index (χ0n) is 10.1. The average Bonchev–Trinajstić information content (AvgIpc) is 2.88. The molecular weight excluding hydrogens is 234 g/mol. The largest absolute Gasteiger partial charge is 0.477 e. The van der Waals surface area contributed by atoms with E-state index in [9.17, 15) is 4.79 Å². The highest BCUT2D eigenvalue weighted by Gasteiger charge is 2.20. The van der Waals surface area contributed by atoms with Crippen LogP contribution in [0.1, 0.15) is 40.7 Å². The second-order valence-corrected chi connectivity index (χ2v) is 6.15.